The number of carbonyl (C=O) groups excluding carboxylic acids is 1. The Morgan fingerprint density at radius 3 is 2.46 bits per heavy atom. The molecule has 7 nitrogen and oxygen atoms in total. The molecule has 28 heavy (non-hydrogen) atoms. The minimum absolute atomic E-state index is 0.458. The van der Waals surface area contributed by atoms with Crippen LogP contribution in [0.2, 0.25) is 0 Å². The lowest BCUT2D eigenvalue weighted by Gasteiger charge is -2.10. The summed E-state index contributed by atoms with van der Waals surface area (Å²) in [7, 11) is 3.18. The number of hydrazone groups is 1. The molecule has 0 aliphatic heterocycles. The third-order valence-electron chi connectivity index (χ3n) is 4.15. The van der Waals surface area contributed by atoms with Crippen molar-refractivity contribution in [2.45, 2.75) is 6.92 Å². The van der Waals surface area contributed by atoms with E-state index < -0.39 is 6.03 Å². The molecule has 0 bridgehead atoms. The molecule has 1 heterocycles. The van der Waals surface area contributed by atoms with E-state index in [-0.39, 0.29) is 0 Å². The number of benzene rings is 2. The van der Waals surface area contributed by atoms with Crippen LogP contribution in [0.25, 0.3) is 5.69 Å². The van der Waals surface area contributed by atoms with Crippen LogP contribution in [-0.2, 0) is 0 Å². The zero-order chi connectivity index (χ0) is 19.9. The minimum Gasteiger partial charge on any atom is -0.497 e. The summed E-state index contributed by atoms with van der Waals surface area (Å²) in [5.74, 6) is 1.36. The SMILES string of the molecule is COc1ccc(-n2c(C)ccc2/C=N\NC(=O)Nc2ccccc2OC)cc1. The third-order valence-corrected chi connectivity index (χ3v) is 4.15. The lowest BCUT2D eigenvalue weighted by molar-refractivity contribution is 0.252. The molecule has 0 aliphatic rings. The number of hydrogen-bond donors (Lipinski definition) is 2. The molecule has 0 fully saturated rings. The number of hydrogen-bond acceptors (Lipinski definition) is 4. The second-order valence-corrected chi connectivity index (χ2v) is 5.96. The summed E-state index contributed by atoms with van der Waals surface area (Å²) in [5.41, 5.74) is 5.89. The number of aryl methyl sites for hydroxylation is 1. The summed E-state index contributed by atoms with van der Waals surface area (Å²) >= 11 is 0. The van der Waals surface area contributed by atoms with E-state index in [4.69, 9.17) is 9.47 Å². The van der Waals surface area contributed by atoms with Crippen molar-refractivity contribution in [3.63, 3.8) is 0 Å². The molecule has 0 atom stereocenters. The van der Waals surface area contributed by atoms with Crippen LogP contribution in [0.4, 0.5) is 10.5 Å². The first kappa shape index (κ1) is 19.0. The van der Waals surface area contributed by atoms with E-state index in [1.54, 1.807) is 32.6 Å². The van der Waals surface area contributed by atoms with Crippen LogP contribution in [0.15, 0.2) is 65.8 Å². The zero-order valence-electron chi connectivity index (χ0n) is 16.0. The molecule has 144 valence electrons. The Bertz CT molecular complexity index is 978. The van der Waals surface area contributed by atoms with Crippen LogP contribution in [0.1, 0.15) is 11.4 Å². The van der Waals surface area contributed by atoms with E-state index in [0.717, 1.165) is 22.8 Å². The second kappa shape index (κ2) is 8.77. The van der Waals surface area contributed by atoms with Gasteiger partial charge in [0.25, 0.3) is 0 Å². The van der Waals surface area contributed by atoms with E-state index in [9.17, 15) is 4.79 Å². The monoisotopic (exact) mass is 378 g/mol. The largest absolute Gasteiger partial charge is 0.497 e. The first-order chi connectivity index (χ1) is 13.6. The Balaban J connectivity index is 1.70. The standard InChI is InChI=1S/C21H22N4O3/c1-15-8-9-17(25(15)16-10-12-18(27-2)13-11-16)14-22-24-21(26)23-19-6-4-5-7-20(19)28-3/h4-14H,1-3H3,(H2,23,24,26)/b22-14-. The number of anilines is 1. The normalized spacial score (nSPS) is 10.7. The fourth-order valence-electron chi connectivity index (χ4n) is 2.80. The molecule has 2 amide bonds. The average Bonchev–Trinajstić information content (AvgIpc) is 3.08. The number of nitrogens with one attached hydrogen (secondary N) is 2. The second-order valence-electron chi connectivity index (χ2n) is 5.96. The van der Waals surface area contributed by atoms with Crippen LogP contribution >= 0.6 is 0 Å². The van der Waals surface area contributed by atoms with Crippen LogP contribution in [0.5, 0.6) is 11.5 Å². The highest BCUT2D eigenvalue weighted by atomic mass is 16.5. The van der Waals surface area contributed by atoms with E-state index in [2.05, 4.69) is 15.8 Å². The molecule has 2 aromatic carbocycles. The highest BCUT2D eigenvalue weighted by Crippen LogP contribution is 2.22. The molecule has 3 rings (SSSR count). The number of methoxy groups -OCH3 is 2. The predicted molar refractivity (Wildman–Crippen MR) is 110 cm³/mol. The molecular formula is C21H22N4O3. The first-order valence-electron chi connectivity index (χ1n) is 8.68. The van der Waals surface area contributed by atoms with Crippen LogP contribution in [-0.4, -0.2) is 31.0 Å². The van der Waals surface area contributed by atoms with Crippen molar-refractivity contribution in [3.05, 3.63) is 72.1 Å². The van der Waals surface area contributed by atoms with Crippen LogP contribution in [0, 0.1) is 6.92 Å². The van der Waals surface area contributed by atoms with Crippen LogP contribution < -0.4 is 20.2 Å². The summed E-state index contributed by atoms with van der Waals surface area (Å²) in [6.07, 6.45) is 1.60. The summed E-state index contributed by atoms with van der Waals surface area (Å²) in [6, 6.07) is 18.3. The van der Waals surface area contributed by atoms with Gasteiger partial charge in [0.15, 0.2) is 0 Å². The van der Waals surface area contributed by atoms with Crippen molar-refractivity contribution < 1.29 is 14.3 Å². The van der Waals surface area contributed by atoms with E-state index >= 15 is 0 Å². The lowest BCUT2D eigenvalue weighted by Crippen LogP contribution is -2.24. The van der Waals surface area contributed by atoms with Gasteiger partial charge in [-0.3, -0.25) is 0 Å². The molecule has 0 aliphatic carbocycles. The predicted octanol–water partition coefficient (Wildman–Crippen LogP) is 3.96. The van der Waals surface area contributed by atoms with Gasteiger partial charge in [-0.15, -0.1) is 0 Å². The average molecular weight is 378 g/mol. The molecular weight excluding hydrogens is 356 g/mol. The van der Waals surface area contributed by atoms with Crippen molar-refractivity contribution in [3.8, 4) is 17.2 Å². The van der Waals surface area contributed by atoms with Gasteiger partial charge >= 0.3 is 6.03 Å². The van der Waals surface area contributed by atoms with Crippen molar-refractivity contribution >= 4 is 17.9 Å². The highest BCUT2D eigenvalue weighted by molar-refractivity contribution is 5.91. The lowest BCUT2D eigenvalue weighted by atomic mass is 10.3. The Labute approximate surface area is 163 Å². The first-order valence-corrected chi connectivity index (χ1v) is 8.68. The Morgan fingerprint density at radius 1 is 1.00 bits per heavy atom. The smallest absolute Gasteiger partial charge is 0.339 e. The fraction of sp³-hybridized carbons (Fsp3) is 0.143. The van der Waals surface area contributed by atoms with Crippen molar-refractivity contribution in [1.29, 1.82) is 0 Å². The van der Waals surface area contributed by atoms with Gasteiger partial charge in [-0.1, -0.05) is 12.1 Å². The zero-order valence-corrected chi connectivity index (χ0v) is 16.0. The van der Waals surface area contributed by atoms with E-state index in [0.29, 0.717) is 11.4 Å². The topological polar surface area (TPSA) is 76.9 Å². The van der Waals surface area contributed by atoms with Gasteiger partial charge in [0, 0.05) is 11.4 Å². The molecule has 0 unspecified atom stereocenters. The van der Waals surface area contributed by atoms with E-state index in [1.165, 1.54) is 0 Å². The molecule has 2 N–H and O–H groups in total. The molecule has 1 aromatic heterocycles. The van der Waals surface area contributed by atoms with Crippen molar-refractivity contribution in [2.24, 2.45) is 5.10 Å². The van der Waals surface area contributed by atoms with Gasteiger partial charge < -0.3 is 19.4 Å². The number of rotatable bonds is 6. The third kappa shape index (κ3) is 4.32. The number of ether oxygens (including phenoxy) is 2. The summed E-state index contributed by atoms with van der Waals surface area (Å²) < 4.78 is 12.4. The molecule has 0 radical (unpaired) electrons. The number of urea groups is 1. The number of aromatic nitrogens is 1. The van der Waals surface area contributed by atoms with Gasteiger partial charge in [-0.2, -0.15) is 5.10 Å². The maximum Gasteiger partial charge on any atom is 0.339 e. The Morgan fingerprint density at radius 2 is 1.75 bits per heavy atom. The van der Waals surface area contributed by atoms with E-state index in [1.807, 2.05) is 60.0 Å². The molecule has 7 heteroatoms. The van der Waals surface area contributed by atoms with Gasteiger partial charge in [-0.05, 0) is 55.5 Å². The molecule has 3 aromatic rings. The highest BCUT2D eigenvalue weighted by Gasteiger charge is 2.07. The van der Waals surface area contributed by atoms with Crippen LogP contribution in [0.3, 0.4) is 0 Å². The number of para-hydroxylation sites is 2. The van der Waals surface area contributed by atoms with Crippen molar-refractivity contribution in [2.75, 3.05) is 19.5 Å². The minimum atomic E-state index is -0.458. The molecule has 0 saturated carbocycles. The maximum atomic E-state index is 12.1. The maximum absolute atomic E-state index is 12.1. The summed E-state index contributed by atoms with van der Waals surface area (Å²) in [5, 5.41) is 6.76. The Hall–Kier alpha value is -3.74. The number of nitrogens with zero attached hydrogens (tertiary/aromatic N) is 2. The van der Waals surface area contributed by atoms with Crippen molar-refractivity contribution in [1.82, 2.24) is 9.99 Å². The Kier molecular flexibility index (Phi) is 5.96. The molecule has 0 spiro atoms. The number of carbonyl (C=O) groups is 1. The quantitative estimate of drug-likeness (QED) is 0.503. The molecule has 0 saturated heterocycles. The summed E-state index contributed by atoms with van der Waals surface area (Å²) in [6.45, 7) is 2.00. The number of amides is 2. The van der Waals surface area contributed by atoms with Gasteiger partial charge in [0.1, 0.15) is 11.5 Å². The summed E-state index contributed by atoms with van der Waals surface area (Å²) in [4.78, 5) is 12.1. The van der Waals surface area contributed by atoms with Gasteiger partial charge in [0.2, 0.25) is 0 Å². The van der Waals surface area contributed by atoms with Gasteiger partial charge in [-0.25, -0.2) is 10.2 Å². The fourth-order valence-corrected chi connectivity index (χ4v) is 2.80. The van der Waals surface area contributed by atoms with Gasteiger partial charge in [0.05, 0.1) is 31.8 Å².